The number of nitrogens with one attached hydrogen (secondary N) is 2. The first-order chi connectivity index (χ1) is 10.2. The summed E-state index contributed by atoms with van der Waals surface area (Å²) < 4.78 is 4.57. The van der Waals surface area contributed by atoms with Crippen LogP contribution in [-0.2, 0) is 9.53 Å². The Morgan fingerprint density at radius 2 is 2.14 bits per heavy atom. The molecule has 21 heavy (non-hydrogen) atoms. The molecule has 6 heteroatoms. The van der Waals surface area contributed by atoms with Gasteiger partial charge in [0.1, 0.15) is 0 Å². The van der Waals surface area contributed by atoms with Crippen molar-refractivity contribution in [3.8, 4) is 0 Å². The lowest BCUT2D eigenvalue weighted by Crippen LogP contribution is -2.38. The van der Waals surface area contributed by atoms with E-state index in [1.165, 1.54) is 12.0 Å². The molecular weight excluding hydrogens is 288 g/mol. The molecule has 5 nitrogen and oxygen atoms in total. The van der Waals surface area contributed by atoms with Gasteiger partial charge in [0.2, 0.25) is 0 Å². The number of unbranched alkanes of at least 4 members (excludes halogenated alkanes) is 2. The van der Waals surface area contributed by atoms with E-state index in [9.17, 15) is 9.59 Å². The van der Waals surface area contributed by atoms with Crippen molar-refractivity contribution in [3.63, 3.8) is 0 Å². The lowest BCUT2D eigenvalue weighted by atomic mass is 10.2. The fourth-order valence-electron chi connectivity index (χ4n) is 1.95. The topological polar surface area (TPSA) is 67.4 Å². The van der Waals surface area contributed by atoms with Crippen molar-refractivity contribution in [2.75, 3.05) is 13.7 Å². The van der Waals surface area contributed by atoms with E-state index in [1.807, 2.05) is 17.5 Å². The Balaban J connectivity index is 2.12. The molecule has 0 bridgehead atoms. The summed E-state index contributed by atoms with van der Waals surface area (Å²) in [6.07, 6.45) is 3.87. The Hall–Kier alpha value is -1.56. The summed E-state index contributed by atoms with van der Waals surface area (Å²) in [4.78, 5) is 23.9. The maximum Gasteiger partial charge on any atom is 0.315 e. The van der Waals surface area contributed by atoms with Crippen LogP contribution in [0.3, 0.4) is 0 Å². The SMILES string of the molecule is CC[C@@H](NC(=O)NCCCCCC(=O)OC)c1cccs1. The average molecular weight is 312 g/mol. The summed E-state index contributed by atoms with van der Waals surface area (Å²) >= 11 is 1.65. The molecule has 1 heterocycles. The summed E-state index contributed by atoms with van der Waals surface area (Å²) in [6.45, 7) is 2.67. The predicted octanol–water partition coefficient (Wildman–Crippen LogP) is 3.23. The van der Waals surface area contributed by atoms with Crippen LogP contribution in [0.25, 0.3) is 0 Å². The summed E-state index contributed by atoms with van der Waals surface area (Å²) in [5.74, 6) is -0.178. The van der Waals surface area contributed by atoms with Gasteiger partial charge in [-0.25, -0.2) is 4.79 Å². The fourth-order valence-corrected chi connectivity index (χ4v) is 2.81. The van der Waals surface area contributed by atoms with Gasteiger partial charge in [0.15, 0.2) is 0 Å². The van der Waals surface area contributed by atoms with E-state index in [1.54, 1.807) is 11.3 Å². The second kappa shape index (κ2) is 10.2. The Bertz CT molecular complexity index is 421. The number of urea groups is 1. The summed E-state index contributed by atoms with van der Waals surface area (Å²) in [5, 5.41) is 7.84. The van der Waals surface area contributed by atoms with Crippen molar-refractivity contribution in [2.45, 2.75) is 45.1 Å². The van der Waals surface area contributed by atoms with Crippen LogP contribution >= 0.6 is 11.3 Å². The van der Waals surface area contributed by atoms with E-state index in [0.29, 0.717) is 13.0 Å². The molecule has 118 valence electrons. The average Bonchev–Trinajstić information content (AvgIpc) is 3.02. The summed E-state index contributed by atoms with van der Waals surface area (Å²) in [5.41, 5.74) is 0. The van der Waals surface area contributed by atoms with Crippen molar-refractivity contribution in [1.29, 1.82) is 0 Å². The zero-order chi connectivity index (χ0) is 15.5. The molecular formula is C15H24N2O3S. The molecule has 0 aliphatic rings. The number of carbonyl (C=O) groups excluding carboxylic acids is 2. The third kappa shape index (κ3) is 7.13. The van der Waals surface area contributed by atoms with Crippen LogP contribution in [-0.4, -0.2) is 25.7 Å². The van der Waals surface area contributed by atoms with E-state index in [2.05, 4.69) is 22.3 Å². The summed E-state index contributed by atoms with van der Waals surface area (Å²) in [6, 6.07) is 3.96. The quantitative estimate of drug-likeness (QED) is 0.543. The number of esters is 1. The molecule has 0 fully saturated rings. The van der Waals surface area contributed by atoms with Crippen LogP contribution in [0, 0.1) is 0 Å². The highest BCUT2D eigenvalue weighted by molar-refractivity contribution is 7.10. The van der Waals surface area contributed by atoms with Gasteiger partial charge in [0, 0.05) is 17.8 Å². The minimum absolute atomic E-state index is 0.0734. The predicted molar refractivity (Wildman–Crippen MR) is 84.4 cm³/mol. The van der Waals surface area contributed by atoms with Crippen LogP contribution < -0.4 is 10.6 Å². The lowest BCUT2D eigenvalue weighted by molar-refractivity contribution is -0.140. The van der Waals surface area contributed by atoms with Gasteiger partial charge in [-0.15, -0.1) is 11.3 Å². The standard InChI is InChI=1S/C15H24N2O3S/c1-3-12(13-8-7-11-21-13)17-15(19)16-10-6-4-5-9-14(18)20-2/h7-8,11-12H,3-6,9-10H2,1-2H3,(H2,16,17,19)/t12-/m1/s1. The second-order valence-electron chi connectivity index (χ2n) is 4.76. The lowest BCUT2D eigenvalue weighted by Gasteiger charge is -2.16. The van der Waals surface area contributed by atoms with E-state index in [-0.39, 0.29) is 18.0 Å². The number of amides is 2. The van der Waals surface area contributed by atoms with Crippen molar-refractivity contribution in [2.24, 2.45) is 0 Å². The zero-order valence-electron chi connectivity index (χ0n) is 12.7. The third-order valence-corrected chi connectivity index (χ3v) is 4.16. The molecule has 0 unspecified atom stereocenters. The Labute approximate surface area is 130 Å². The molecule has 0 radical (unpaired) electrons. The van der Waals surface area contributed by atoms with Gasteiger partial charge < -0.3 is 15.4 Å². The second-order valence-corrected chi connectivity index (χ2v) is 5.74. The van der Waals surface area contributed by atoms with E-state index in [4.69, 9.17) is 0 Å². The van der Waals surface area contributed by atoms with Crippen LogP contribution in [0.1, 0.15) is 49.9 Å². The third-order valence-electron chi connectivity index (χ3n) is 3.17. The molecule has 1 rings (SSSR count). The highest BCUT2D eigenvalue weighted by Crippen LogP contribution is 2.21. The summed E-state index contributed by atoms with van der Waals surface area (Å²) in [7, 11) is 1.39. The highest BCUT2D eigenvalue weighted by Gasteiger charge is 2.12. The number of hydrogen-bond acceptors (Lipinski definition) is 4. The van der Waals surface area contributed by atoms with Gasteiger partial charge in [-0.05, 0) is 30.7 Å². The normalized spacial score (nSPS) is 11.7. The van der Waals surface area contributed by atoms with Crippen molar-refractivity contribution >= 4 is 23.3 Å². The molecule has 0 spiro atoms. The molecule has 2 amide bonds. The van der Waals surface area contributed by atoms with E-state index in [0.717, 1.165) is 25.7 Å². The van der Waals surface area contributed by atoms with Crippen LogP contribution in [0.5, 0.6) is 0 Å². The molecule has 0 saturated carbocycles. The molecule has 0 saturated heterocycles. The van der Waals surface area contributed by atoms with Crippen molar-refractivity contribution in [3.05, 3.63) is 22.4 Å². The largest absolute Gasteiger partial charge is 0.469 e. The molecule has 1 aromatic heterocycles. The number of ether oxygens (including phenoxy) is 1. The number of hydrogen-bond donors (Lipinski definition) is 2. The van der Waals surface area contributed by atoms with Gasteiger partial charge in [0.25, 0.3) is 0 Å². The minimum atomic E-state index is -0.178. The molecule has 0 aliphatic carbocycles. The van der Waals surface area contributed by atoms with Crippen LogP contribution in [0.15, 0.2) is 17.5 Å². The molecule has 0 aromatic carbocycles. The van der Waals surface area contributed by atoms with Gasteiger partial charge in [-0.2, -0.15) is 0 Å². The molecule has 2 N–H and O–H groups in total. The first-order valence-electron chi connectivity index (χ1n) is 7.32. The Morgan fingerprint density at radius 3 is 2.76 bits per heavy atom. The smallest absolute Gasteiger partial charge is 0.315 e. The fraction of sp³-hybridized carbons (Fsp3) is 0.600. The monoisotopic (exact) mass is 312 g/mol. The van der Waals surface area contributed by atoms with Gasteiger partial charge >= 0.3 is 12.0 Å². The van der Waals surface area contributed by atoms with Gasteiger partial charge in [0.05, 0.1) is 13.2 Å². The Kier molecular flexibility index (Phi) is 8.50. The highest BCUT2D eigenvalue weighted by atomic mass is 32.1. The molecule has 1 atom stereocenters. The first kappa shape index (κ1) is 17.5. The van der Waals surface area contributed by atoms with Crippen molar-refractivity contribution < 1.29 is 14.3 Å². The maximum atomic E-state index is 11.8. The van der Waals surface area contributed by atoms with E-state index < -0.39 is 0 Å². The Morgan fingerprint density at radius 1 is 1.33 bits per heavy atom. The number of thiophene rings is 1. The van der Waals surface area contributed by atoms with Crippen molar-refractivity contribution in [1.82, 2.24) is 10.6 Å². The molecule has 1 aromatic rings. The van der Waals surface area contributed by atoms with Gasteiger partial charge in [-0.1, -0.05) is 19.4 Å². The number of rotatable bonds is 9. The minimum Gasteiger partial charge on any atom is -0.469 e. The first-order valence-corrected chi connectivity index (χ1v) is 8.20. The van der Waals surface area contributed by atoms with E-state index >= 15 is 0 Å². The number of carbonyl (C=O) groups is 2. The number of methoxy groups -OCH3 is 1. The van der Waals surface area contributed by atoms with Crippen LogP contribution in [0.4, 0.5) is 4.79 Å². The molecule has 0 aliphatic heterocycles. The van der Waals surface area contributed by atoms with Gasteiger partial charge in [-0.3, -0.25) is 4.79 Å². The maximum absolute atomic E-state index is 11.8. The van der Waals surface area contributed by atoms with Crippen LogP contribution in [0.2, 0.25) is 0 Å². The zero-order valence-corrected chi connectivity index (χ0v) is 13.5.